The Morgan fingerprint density at radius 1 is 1.54 bits per heavy atom. The van der Waals surface area contributed by atoms with E-state index in [1.54, 1.807) is 0 Å². The number of nitrogens with zero attached hydrogens (tertiary/aromatic N) is 1. The fourth-order valence-corrected chi connectivity index (χ4v) is 1.66. The van der Waals surface area contributed by atoms with Gasteiger partial charge in [0.2, 0.25) is 5.91 Å². The summed E-state index contributed by atoms with van der Waals surface area (Å²) < 4.78 is 5.53. The van der Waals surface area contributed by atoms with Crippen LogP contribution >= 0.6 is 0 Å². The molecule has 1 saturated heterocycles. The Morgan fingerprint density at radius 3 is 2.54 bits per heavy atom. The molecule has 3 N–H and O–H groups in total. The van der Waals surface area contributed by atoms with Gasteiger partial charge >= 0.3 is 0 Å². The topological polar surface area (TPSA) is 67.6 Å². The summed E-state index contributed by atoms with van der Waals surface area (Å²) in [7, 11) is 0. The van der Waals surface area contributed by atoms with Crippen LogP contribution in [0.25, 0.3) is 0 Å². The molecule has 13 heavy (non-hydrogen) atoms. The number of hydrogen-bond donors (Lipinski definition) is 2. The molecule has 0 aliphatic carbocycles. The number of hydrogen-bond acceptors (Lipinski definition) is 4. The van der Waals surface area contributed by atoms with Gasteiger partial charge in [-0.15, -0.1) is 0 Å². The minimum absolute atomic E-state index is 0.152. The summed E-state index contributed by atoms with van der Waals surface area (Å²) in [5.41, 5.74) is 2.12. The van der Waals surface area contributed by atoms with E-state index in [1.807, 2.05) is 18.7 Å². The highest BCUT2D eigenvalue weighted by Gasteiger charge is 2.23. The van der Waals surface area contributed by atoms with E-state index in [0.717, 1.165) is 13.1 Å². The van der Waals surface area contributed by atoms with E-state index >= 15 is 0 Å². The van der Waals surface area contributed by atoms with Crippen LogP contribution in [0.1, 0.15) is 13.8 Å². The van der Waals surface area contributed by atoms with Crippen molar-refractivity contribution in [2.24, 2.45) is 5.84 Å². The van der Waals surface area contributed by atoms with E-state index in [-0.39, 0.29) is 18.1 Å². The summed E-state index contributed by atoms with van der Waals surface area (Å²) in [6.07, 6.45) is 0.378. The predicted octanol–water partition coefficient (Wildman–Crippen LogP) is -0.914. The van der Waals surface area contributed by atoms with Crippen LogP contribution in [0.15, 0.2) is 0 Å². The third-order valence-electron chi connectivity index (χ3n) is 2.02. The Morgan fingerprint density at radius 2 is 2.08 bits per heavy atom. The normalized spacial score (nSPS) is 30.1. The van der Waals surface area contributed by atoms with Gasteiger partial charge in [-0.25, -0.2) is 5.84 Å². The Balaban J connectivity index is 2.37. The summed E-state index contributed by atoms with van der Waals surface area (Å²) >= 11 is 0. The maximum Gasteiger partial charge on any atom is 0.248 e. The third kappa shape index (κ3) is 3.30. The quantitative estimate of drug-likeness (QED) is 0.333. The Kier molecular flexibility index (Phi) is 3.65. The molecule has 1 aliphatic heterocycles. The van der Waals surface area contributed by atoms with Crippen molar-refractivity contribution in [3.8, 4) is 0 Å². The van der Waals surface area contributed by atoms with Gasteiger partial charge in [-0.2, -0.15) is 0 Å². The molecule has 2 atom stereocenters. The minimum Gasteiger partial charge on any atom is -0.373 e. The summed E-state index contributed by atoms with van der Waals surface area (Å²) in [6, 6.07) is 0. The molecular weight excluding hydrogens is 170 g/mol. The third-order valence-corrected chi connectivity index (χ3v) is 2.02. The highest BCUT2D eigenvalue weighted by Crippen LogP contribution is 2.09. The number of ether oxygens (including phenoxy) is 1. The van der Waals surface area contributed by atoms with Crippen molar-refractivity contribution in [2.45, 2.75) is 26.1 Å². The average molecular weight is 187 g/mol. The average Bonchev–Trinajstić information content (AvgIpc) is 2.02. The monoisotopic (exact) mass is 187 g/mol. The molecule has 1 rings (SSSR count). The van der Waals surface area contributed by atoms with Gasteiger partial charge in [0.05, 0.1) is 18.8 Å². The van der Waals surface area contributed by atoms with E-state index in [2.05, 4.69) is 5.43 Å². The number of nitrogens with two attached hydrogens (primary N) is 1. The van der Waals surface area contributed by atoms with E-state index in [4.69, 9.17) is 10.6 Å². The molecule has 0 unspecified atom stereocenters. The Hall–Kier alpha value is -0.650. The molecule has 0 aromatic carbocycles. The second kappa shape index (κ2) is 4.55. The number of rotatable bonds is 2. The molecule has 1 heterocycles. The van der Waals surface area contributed by atoms with Gasteiger partial charge in [0.15, 0.2) is 0 Å². The van der Waals surface area contributed by atoms with Gasteiger partial charge in [0, 0.05) is 13.1 Å². The smallest absolute Gasteiger partial charge is 0.248 e. The fourth-order valence-electron chi connectivity index (χ4n) is 1.66. The minimum atomic E-state index is -0.152. The van der Waals surface area contributed by atoms with Crippen molar-refractivity contribution in [3.05, 3.63) is 0 Å². The van der Waals surface area contributed by atoms with Gasteiger partial charge in [-0.3, -0.25) is 15.1 Å². The first-order valence-electron chi connectivity index (χ1n) is 4.49. The second-order valence-corrected chi connectivity index (χ2v) is 3.52. The van der Waals surface area contributed by atoms with E-state index in [9.17, 15) is 4.79 Å². The first-order chi connectivity index (χ1) is 6.11. The zero-order valence-electron chi connectivity index (χ0n) is 8.12. The lowest BCUT2D eigenvalue weighted by Crippen LogP contribution is -2.49. The number of amides is 1. The molecule has 0 aromatic heterocycles. The Labute approximate surface area is 78.2 Å². The molecule has 1 fully saturated rings. The molecular formula is C8H17N3O2. The standard InChI is InChI=1S/C8H17N3O2/c1-6-3-11(4-7(2)13-6)5-8(12)10-9/h6-7H,3-5,9H2,1-2H3,(H,10,12)/t6-,7-/m1/s1. The highest BCUT2D eigenvalue weighted by atomic mass is 16.5. The van der Waals surface area contributed by atoms with E-state index in [1.165, 1.54) is 0 Å². The van der Waals surface area contributed by atoms with Gasteiger partial charge in [0.25, 0.3) is 0 Å². The maximum atomic E-state index is 11.0. The number of morpholine rings is 1. The molecule has 76 valence electrons. The first kappa shape index (κ1) is 10.4. The molecule has 0 aromatic rings. The summed E-state index contributed by atoms with van der Waals surface area (Å²) in [5.74, 6) is 4.85. The van der Waals surface area contributed by atoms with Crippen molar-refractivity contribution < 1.29 is 9.53 Å². The van der Waals surface area contributed by atoms with Gasteiger partial charge in [-0.1, -0.05) is 0 Å². The van der Waals surface area contributed by atoms with Gasteiger partial charge in [-0.05, 0) is 13.8 Å². The highest BCUT2D eigenvalue weighted by molar-refractivity contribution is 5.77. The fraction of sp³-hybridized carbons (Fsp3) is 0.875. The number of nitrogens with one attached hydrogen (secondary N) is 1. The van der Waals surface area contributed by atoms with Crippen molar-refractivity contribution in [3.63, 3.8) is 0 Å². The number of hydrazine groups is 1. The Bertz CT molecular complexity index is 176. The molecule has 0 saturated carbocycles. The molecule has 0 spiro atoms. The zero-order chi connectivity index (χ0) is 9.84. The van der Waals surface area contributed by atoms with Crippen molar-refractivity contribution in [1.82, 2.24) is 10.3 Å². The maximum absolute atomic E-state index is 11.0. The lowest BCUT2D eigenvalue weighted by molar-refractivity contribution is -0.126. The lowest BCUT2D eigenvalue weighted by atomic mass is 10.2. The van der Waals surface area contributed by atoms with E-state index in [0.29, 0.717) is 6.54 Å². The summed E-state index contributed by atoms with van der Waals surface area (Å²) in [5, 5.41) is 0. The van der Waals surface area contributed by atoms with Crippen LogP contribution in [-0.4, -0.2) is 42.6 Å². The van der Waals surface area contributed by atoms with Gasteiger partial charge in [0.1, 0.15) is 0 Å². The van der Waals surface area contributed by atoms with Crippen molar-refractivity contribution in [2.75, 3.05) is 19.6 Å². The van der Waals surface area contributed by atoms with E-state index < -0.39 is 0 Å². The van der Waals surface area contributed by atoms with Crippen LogP contribution in [0.2, 0.25) is 0 Å². The molecule has 5 heteroatoms. The SMILES string of the molecule is C[C@@H]1CN(CC(=O)NN)C[C@@H](C)O1. The number of carbonyl (C=O) groups excluding carboxylic acids is 1. The second-order valence-electron chi connectivity index (χ2n) is 3.52. The van der Waals surface area contributed by atoms with Crippen LogP contribution in [0.5, 0.6) is 0 Å². The van der Waals surface area contributed by atoms with Crippen LogP contribution in [0.3, 0.4) is 0 Å². The summed E-state index contributed by atoms with van der Waals surface area (Å²) in [4.78, 5) is 13.0. The zero-order valence-corrected chi connectivity index (χ0v) is 8.12. The first-order valence-corrected chi connectivity index (χ1v) is 4.49. The van der Waals surface area contributed by atoms with Crippen molar-refractivity contribution >= 4 is 5.91 Å². The van der Waals surface area contributed by atoms with Crippen LogP contribution in [0, 0.1) is 0 Å². The lowest BCUT2D eigenvalue weighted by Gasteiger charge is -2.34. The molecule has 0 bridgehead atoms. The van der Waals surface area contributed by atoms with Crippen LogP contribution in [0.4, 0.5) is 0 Å². The molecule has 0 radical (unpaired) electrons. The predicted molar refractivity (Wildman–Crippen MR) is 48.8 cm³/mol. The molecule has 5 nitrogen and oxygen atoms in total. The van der Waals surface area contributed by atoms with Crippen molar-refractivity contribution in [1.29, 1.82) is 0 Å². The molecule has 1 aliphatic rings. The van der Waals surface area contributed by atoms with Gasteiger partial charge < -0.3 is 4.74 Å². The number of carbonyl (C=O) groups is 1. The van der Waals surface area contributed by atoms with Crippen LogP contribution in [-0.2, 0) is 9.53 Å². The van der Waals surface area contributed by atoms with Crippen LogP contribution < -0.4 is 11.3 Å². The molecule has 1 amide bonds. The summed E-state index contributed by atoms with van der Waals surface area (Å²) in [6.45, 7) is 5.94. The largest absolute Gasteiger partial charge is 0.373 e.